The lowest BCUT2D eigenvalue weighted by molar-refractivity contribution is 0.376. The molecule has 0 aliphatic heterocycles. The molecule has 1 heterocycles. The van der Waals surface area contributed by atoms with Gasteiger partial charge >= 0.3 is 0 Å². The summed E-state index contributed by atoms with van der Waals surface area (Å²) in [5.41, 5.74) is 0. The van der Waals surface area contributed by atoms with Crippen molar-refractivity contribution >= 4 is 0 Å². The minimum atomic E-state index is 0.739. The second kappa shape index (κ2) is 3.34. The smallest absolute Gasteiger partial charge is 0.226 e. The summed E-state index contributed by atoms with van der Waals surface area (Å²) in [6, 6.07) is 0. The fourth-order valence-electron chi connectivity index (χ4n) is 0.759. The van der Waals surface area contributed by atoms with Crippen LogP contribution in [0.25, 0.3) is 0 Å². The van der Waals surface area contributed by atoms with Crippen molar-refractivity contribution in [3.63, 3.8) is 0 Å². The molecule has 56 valence electrons. The summed E-state index contributed by atoms with van der Waals surface area (Å²) in [6.07, 6.45) is 2.82. The van der Waals surface area contributed by atoms with Gasteiger partial charge in [-0.1, -0.05) is 19.0 Å². The van der Waals surface area contributed by atoms with Crippen LogP contribution in [-0.4, -0.2) is 10.1 Å². The summed E-state index contributed by atoms with van der Waals surface area (Å²) >= 11 is 0. The Morgan fingerprint density at radius 2 is 2.20 bits per heavy atom. The molecule has 0 atom stereocenters. The maximum atomic E-state index is 4.91. The zero-order chi connectivity index (χ0) is 7.40. The van der Waals surface area contributed by atoms with Gasteiger partial charge in [-0.3, -0.25) is 0 Å². The highest BCUT2D eigenvalue weighted by molar-refractivity contribution is 4.85. The molecule has 0 aliphatic carbocycles. The van der Waals surface area contributed by atoms with E-state index in [1.165, 1.54) is 0 Å². The van der Waals surface area contributed by atoms with Crippen LogP contribution in [0, 0.1) is 0 Å². The van der Waals surface area contributed by atoms with Crippen molar-refractivity contribution in [2.24, 2.45) is 0 Å². The lowest BCUT2D eigenvalue weighted by Crippen LogP contribution is -1.85. The molecule has 1 rings (SSSR count). The Hall–Kier alpha value is -0.860. The molecule has 0 unspecified atom stereocenters. The average molecular weight is 140 g/mol. The van der Waals surface area contributed by atoms with E-state index in [1.54, 1.807) is 0 Å². The number of rotatable bonds is 3. The molecule has 0 radical (unpaired) electrons. The zero-order valence-electron chi connectivity index (χ0n) is 6.42. The molecule has 3 heteroatoms. The Morgan fingerprint density at radius 1 is 1.40 bits per heavy atom. The topological polar surface area (TPSA) is 38.9 Å². The molecule has 0 aliphatic rings. The molecule has 0 N–H and O–H groups in total. The Bertz CT molecular complexity index is 195. The van der Waals surface area contributed by atoms with Gasteiger partial charge in [0, 0.05) is 12.8 Å². The highest BCUT2D eigenvalue weighted by Gasteiger charge is 2.00. The normalized spacial score (nSPS) is 10.2. The molecule has 0 aromatic carbocycles. The minimum Gasteiger partial charge on any atom is -0.339 e. The Labute approximate surface area is 60.4 Å². The lowest BCUT2D eigenvalue weighted by atomic mass is 10.3. The molecule has 0 amide bonds. The third kappa shape index (κ3) is 1.56. The highest BCUT2D eigenvalue weighted by Crippen LogP contribution is 1.99. The molecular formula is C7H12N2O. The second-order valence-corrected chi connectivity index (χ2v) is 2.21. The van der Waals surface area contributed by atoms with Crippen molar-refractivity contribution in [1.29, 1.82) is 0 Å². The monoisotopic (exact) mass is 140 g/mol. The van der Waals surface area contributed by atoms with Crippen LogP contribution in [0.3, 0.4) is 0 Å². The van der Waals surface area contributed by atoms with Gasteiger partial charge in [-0.15, -0.1) is 0 Å². The van der Waals surface area contributed by atoms with Crippen LogP contribution in [0.2, 0.25) is 0 Å². The van der Waals surface area contributed by atoms with E-state index in [0.29, 0.717) is 0 Å². The fourth-order valence-corrected chi connectivity index (χ4v) is 0.759. The van der Waals surface area contributed by atoms with Gasteiger partial charge in [0.1, 0.15) is 0 Å². The quantitative estimate of drug-likeness (QED) is 0.639. The van der Waals surface area contributed by atoms with Crippen molar-refractivity contribution < 1.29 is 4.52 Å². The summed E-state index contributed by atoms with van der Waals surface area (Å²) in [6.45, 7) is 4.10. The van der Waals surface area contributed by atoms with Crippen molar-refractivity contribution in [3.8, 4) is 0 Å². The van der Waals surface area contributed by atoms with Crippen LogP contribution in [0.1, 0.15) is 32.0 Å². The third-order valence-electron chi connectivity index (χ3n) is 1.29. The van der Waals surface area contributed by atoms with Crippen molar-refractivity contribution in [1.82, 2.24) is 10.1 Å². The van der Waals surface area contributed by atoms with Gasteiger partial charge in [-0.2, -0.15) is 4.98 Å². The molecule has 0 fully saturated rings. The Kier molecular flexibility index (Phi) is 2.42. The lowest BCUT2D eigenvalue weighted by Gasteiger charge is -1.82. The van der Waals surface area contributed by atoms with E-state index in [1.807, 2.05) is 6.92 Å². The zero-order valence-corrected chi connectivity index (χ0v) is 6.42. The maximum Gasteiger partial charge on any atom is 0.226 e. The molecule has 0 bridgehead atoms. The second-order valence-electron chi connectivity index (χ2n) is 2.21. The van der Waals surface area contributed by atoms with Gasteiger partial charge in [0.05, 0.1) is 0 Å². The maximum absolute atomic E-state index is 4.91. The van der Waals surface area contributed by atoms with Gasteiger partial charge < -0.3 is 4.52 Å². The number of hydrogen-bond acceptors (Lipinski definition) is 3. The van der Waals surface area contributed by atoms with Crippen LogP contribution in [0.5, 0.6) is 0 Å². The first-order valence-electron chi connectivity index (χ1n) is 3.68. The van der Waals surface area contributed by atoms with E-state index in [0.717, 1.165) is 31.0 Å². The molecule has 0 saturated carbocycles. The van der Waals surface area contributed by atoms with Crippen LogP contribution in [-0.2, 0) is 12.8 Å². The van der Waals surface area contributed by atoms with Gasteiger partial charge in [-0.25, -0.2) is 0 Å². The first-order valence-corrected chi connectivity index (χ1v) is 3.68. The molecular weight excluding hydrogens is 128 g/mol. The number of nitrogens with zero attached hydrogens (tertiary/aromatic N) is 2. The highest BCUT2D eigenvalue weighted by atomic mass is 16.5. The van der Waals surface area contributed by atoms with E-state index in [-0.39, 0.29) is 0 Å². The van der Waals surface area contributed by atoms with E-state index in [4.69, 9.17) is 4.52 Å². The van der Waals surface area contributed by atoms with Gasteiger partial charge in [0.25, 0.3) is 0 Å². The predicted molar refractivity (Wildman–Crippen MR) is 37.7 cm³/mol. The van der Waals surface area contributed by atoms with Crippen molar-refractivity contribution in [2.75, 3.05) is 0 Å². The summed E-state index contributed by atoms with van der Waals surface area (Å²) in [7, 11) is 0. The molecule has 1 aromatic rings. The van der Waals surface area contributed by atoms with Crippen LogP contribution in [0.4, 0.5) is 0 Å². The number of aromatic nitrogens is 2. The summed E-state index contributed by atoms with van der Waals surface area (Å²) in [4.78, 5) is 4.14. The third-order valence-corrected chi connectivity index (χ3v) is 1.29. The van der Waals surface area contributed by atoms with E-state index >= 15 is 0 Å². The van der Waals surface area contributed by atoms with Crippen LogP contribution < -0.4 is 0 Å². The SMILES string of the molecule is CCCc1noc(CC)n1. The first-order chi connectivity index (χ1) is 4.86. The molecule has 0 spiro atoms. The molecule has 0 saturated heterocycles. The predicted octanol–water partition coefficient (Wildman–Crippen LogP) is 1.58. The first kappa shape index (κ1) is 7.25. The standard InChI is InChI=1S/C7H12N2O/c1-3-5-6-8-7(4-2)10-9-6/h3-5H2,1-2H3. The summed E-state index contributed by atoms with van der Waals surface area (Å²) in [5.74, 6) is 1.57. The van der Waals surface area contributed by atoms with Crippen molar-refractivity contribution in [2.45, 2.75) is 33.1 Å². The van der Waals surface area contributed by atoms with Crippen LogP contribution >= 0.6 is 0 Å². The molecule has 10 heavy (non-hydrogen) atoms. The molecule has 1 aromatic heterocycles. The Balaban J connectivity index is 2.59. The minimum absolute atomic E-state index is 0.739. The van der Waals surface area contributed by atoms with E-state index < -0.39 is 0 Å². The van der Waals surface area contributed by atoms with Gasteiger partial charge in [0.2, 0.25) is 5.89 Å². The van der Waals surface area contributed by atoms with Gasteiger partial charge in [0.15, 0.2) is 5.82 Å². The molecule has 3 nitrogen and oxygen atoms in total. The van der Waals surface area contributed by atoms with Crippen LogP contribution in [0.15, 0.2) is 4.52 Å². The Morgan fingerprint density at radius 3 is 2.70 bits per heavy atom. The summed E-state index contributed by atoms with van der Waals surface area (Å²) in [5, 5.41) is 3.79. The average Bonchev–Trinajstić information content (AvgIpc) is 2.37. The van der Waals surface area contributed by atoms with Crippen molar-refractivity contribution in [3.05, 3.63) is 11.7 Å². The summed E-state index contributed by atoms with van der Waals surface area (Å²) < 4.78 is 4.91. The largest absolute Gasteiger partial charge is 0.339 e. The number of hydrogen-bond donors (Lipinski definition) is 0. The fraction of sp³-hybridized carbons (Fsp3) is 0.714. The van der Waals surface area contributed by atoms with E-state index in [2.05, 4.69) is 17.1 Å². The van der Waals surface area contributed by atoms with E-state index in [9.17, 15) is 0 Å². The number of aryl methyl sites for hydroxylation is 2. The van der Waals surface area contributed by atoms with Gasteiger partial charge in [-0.05, 0) is 6.42 Å².